The molecule has 18 heavy (non-hydrogen) atoms. The number of hydrogen-bond acceptors (Lipinski definition) is 0. The van der Waals surface area contributed by atoms with E-state index in [-0.39, 0.29) is 5.41 Å². The Hall–Kier alpha value is -1.56. The molecule has 0 aromatic heterocycles. The second-order valence-electron chi connectivity index (χ2n) is 5.28. The fourth-order valence-electron chi connectivity index (χ4n) is 3.67. The molecule has 0 bridgehead atoms. The van der Waals surface area contributed by atoms with Gasteiger partial charge in [-0.1, -0.05) is 68.8 Å². The molecule has 0 heterocycles. The lowest BCUT2D eigenvalue weighted by atomic mass is 9.73. The standard InChI is InChI=1S/C18H20/c1-3-13-18(4-2)16-11-7-5-9-14(16)15-10-6-8-12-17(15)18/h5-12H,3-4,13H2,1-2H3. The highest BCUT2D eigenvalue weighted by molar-refractivity contribution is 5.80. The Morgan fingerprint density at radius 1 is 0.778 bits per heavy atom. The molecule has 0 aliphatic heterocycles. The zero-order valence-electron chi connectivity index (χ0n) is 11.2. The third kappa shape index (κ3) is 1.38. The Morgan fingerprint density at radius 2 is 1.28 bits per heavy atom. The maximum Gasteiger partial charge on any atom is 0.0212 e. The van der Waals surface area contributed by atoms with E-state index < -0.39 is 0 Å². The molecule has 2 aromatic rings. The van der Waals surface area contributed by atoms with Crippen LogP contribution in [-0.2, 0) is 5.41 Å². The first-order valence-corrected chi connectivity index (χ1v) is 7.03. The van der Waals surface area contributed by atoms with Crippen molar-refractivity contribution in [3.63, 3.8) is 0 Å². The SMILES string of the molecule is CCCC1(CC)c2ccccc2-c2ccccc21. The molecule has 1 aliphatic carbocycles. The maximum atomic E-state index is 2.33. The molecule has 0 heteroatoms. The van der Waals surface area contributed by atoms with Crippen molar-refractivity contribution in [2.24, 2.45) is 0 Å². The van der Waals surface area contributed by atoms with Gasteiger partial charge in [0.2, 0.25) is 0 Å². The molecule has 3 rings (SSSR count). The van der Waals surface area contributed by atoms with Crippen LogP contribution in [0.1, 0.15) is 44.2 Å². The summed E-state index contributed by atoms with van der Waals surface area (Å²) in [6.07, 6.45) is 3.67. The highest BCUT2D eigenvalue weighted by atomic mass is 14.4. The lowest BCUT2D eigenvalue weighted by Gasteiger charge is -2.30. The van der Waals surface area contributed by atoms with Crippen molar-refractivity contribution < 1.29 is 0 Å². The molecule has 0 spiro atoms. The van der Waals surface area contributed by atoms with Crippen molar-refractivity contribution in [3.05, 3.63) is 59.7 Å². The first-order chi connectivity index (χ1) is 8.83. The summed E-state index contributed by atoms with van der Waals surface area (Å²) in [5, 5.41) is 0. The van der Waals surface area contributed by atoms with Crippen molar-refractivity contribution in [2.45, 2.75) is 38.5 Å². The molecular formula is C18H20. The van der Waals surface area contributed by atoms with Gasteiger partial charge in [-0.25, -0.2) is 0 Å². The van der Waals surface area contributed by atoms with E-state index in [0.29, 0.717) is 0 Å². The predicted molar refractivity (Wildman–Crippen MR) is 77.9 cm³/mol. The number of hydrogen-bond donors (Lipinski definition) is 0. The average molecular weight is 236 g/mol. The van der Waals surface area contributed by atoms with Gasteiger partial charge in [0, 0.05) is 5.41 Å². The molecule has 92 valence electrons. The van der Waals surface area contributed by atoms with Gasteiger partial charge in [-0.2, -0.15) is 0 Å². The van der Waals surface area contributed by atoms with Crippen LogP contribution in [0.4, 0.5) is 0 Å². The van der Waals surface area contributed by atoms with Crippen LogP contribution in [0.15, 0.2) is 48.5 Å². The van der Waals surface area contributed by atoms with Gasteiger partial charge in [0.05, 0.1) is 0 Å². The van der Waals surface area contributed by atoms with Crippen molar-refractivity contribution in [1.82, 2.24) is 0 Å². The summed E-state index contributed by atoms with van der Waals surface area (Å²) in [4.78, 5) is 0. The summed E-state index contributed by atoms with van der Waals surface area (Å²) in [6, 6.07) is 17.9. The fraction of sp³-hybridized carbons (Fsp3) is 0.333. The van der Waals surface area contributed by atoms with Crippen molar-refractivity contribution >= 4 is 0 Å². The zero-order valence-corrected chi connectivity index (χ0v) is 11.2. The predicted octanol–water partition coefficient (Wildman–Crippen LogP) is 5.16. The van der Waals surface area contributed by atoms with Crippen LogP contribution in [0.3, 0.4) is 0 Å². The number of fused-ring (bicyclic) bond motifs is 3. The summed E-state index contributed by atoms with van der Waals surface area (Å²) in [5.74, 6) is 0. The summed E-state index contributed by atoms with van der Waals surface area (Å²) >= 11 is 0. The van der Waals surface area contributed by atoms with Crippen LogP contribution in [0.25, 0.3) is 11.1 Å². The Morgan fingerprint density at radius 3 is 1.72 bits per heavy atom. The van der Waals surface area contributed by atoms with Crippen LogP contribution in [0, 0.1) is 0 Å². The van der Waals surface area contributed by atoms with Gasteiger partial charge in [-0.05, 0) is 35.1 Å². The minimum Gasteiger partial charge on any atom is -0.0653 e. The van der Waals surface area contributed by atoms with Gasteiger partial charge in [0.25, 0.3) is 0 Å². The van der Waals surface area contributed by atoms with E-state index in [1.165, 1.54) is 41.5 Å². The van der Waals surface area contributed by atoms with E-state index in [0.717, 1.165) is 0 Å². The van der Waals surface area contributed by atoms with Crippen LogP contribution in [0.2, 0.25) is 0 Å². The molecule has 0 atom stereocenters. The van der Waals surface area contributed by atoms with Crippen molar-refractivity contribution in [2.75, 3.05) is 0 Å². The molecule has 0 unspecified atom stereocenters. The highest BCUT2D eigenvalue weighted by Crippen LogP contribution is 2.52. The molecule has 0 nitrogen and oxygen atoms in total. The number of benzene rings is 2. The second kappa shape index (κ2) is 4.28. The van der Waals surface area contributed by atoms with Gasteiger partial charge in [-0.3, -0.25) is 0 Å². The Balaban J connectivity index is 2.32. The molecule has 0 radical (unpaired) electrons. The molecule has 0 fully saturated rings. The molecule has 0 amide bonds. The molecule has 2 aromatic carbocycles. The van der Waals surface area contributed by atoms with Crippen LogP contribution in [-0.4, -0.2) is 0 Å². The minimum absolute atomic E-state index is 0.252. The maximum absolute atomic E-state index is 2.33. The van der Waals surface area contributed by atoms with Crippen LogP contribution in [0.5, 0.6) is 0 Å². The Bertz CT molecular complexity index is 520. The Labute approximate surface area is 110 Å². The van der Waals surface area contributed by atoms with E-state index in [1.54, 1.807) is 0 Å². The molecule has 1 aliphatic rings. The van der Waals surface area contributed by atoms with E-state index in [1.807, 2.05) is 0 Å². The lowest BCUT2D eigenvalue weighted by molar-refractivity contribution is 0.461. The highest BCUT2D eigenvalue weighted by Gasteiger charge is 2.40. The van der Waals surface area contributed by atoms with Crippen molar-refractivity contribution in [1.29, 1.82) is 0 Å². The summed E-state index contributed by atoms with van der Waals surface area (Å²) in [5.41, 5.74) is 6.22. The normalized spacial score (nSPS) is 15.2. The van der Waals surface area contributed by atoms with Gasteiger partial charge in [-0.15, -0.1) is 0 Å². The monoisotopic (exact) mass is 236 g/mol. The van der Waals surface area contributed by atoms with Crippen LogP contribution < -0.4 is 0 Å². The Kier molecular flexibility index (Phi) is 2.74. The summed E-state index contributed by atoms with van der Waals surface area (Å²) in [6.45, 7) is 4.62. The average Bonchev–Trinajstić information content (AvgIpc) is 2.72. The van der Waals surface area contributed by atoms with E-state index in [9.17, 15) is 0 Å². The number of rotatable bonds is 3. The van der Waals surface area contributed by atoms with Gasteiger partial charge in [0.1, 0.15) is 0 Å². The largest absolute Gasteiger partial charge is 0.0653 e. The molecular weight excluding hydrogens is 216 g/mol. The minimum atomic E-state index is 0.252. The summed E-state index contributed by atoms with van der Waals surface area (Å²) < 4.78 is 0. The first-order valence-electron chi connectivity index (χ1n) is 7.03. The lowest BCUT2D eigenvalue weighted by Crippen LogP contribution is -2.23. The topological polar surface area (TPSA) is 0 Å². The zero-order chi connectivity index (χ0) is 12.6. The van der Waals surface area contributed by atoms with Crippen molar-refractivity contribution in [3.8, 4) is 11.1 Å². The van der Waals surface area contributed by atoms with E-state index in [2.05, 4.69) is 62.4 Å². The molecule has 0 N–H and O–H groups in total. The van der Waals surface area contributed by atoms with Gasteiger partial charge >= 0.3 is 0 Å². The second-order valence-corrected chi connectivity index (χ2v) is 5.28. The first kappa shape index (κ1) is 11.5. The van der Waals surface area contributed by atoms with Crippen LogP contribution >= 0.6 is 0 Å². The summed E-state index contributed by atoms with van der Waals surface area (Å²) in [7, 11) is 0. The quantitative estimate of drug-likeness (QED) is 0.690. The van der Waals surface area contributed by atoms with Gasteiger partial charge < -0.3 is 0 Å². The smallest absolute Gasteiger partial charge is 0.0212 e. The van der Waals surface area contributed by atoms with E-state index >= 15 is 0 Å². The third-order valence-corrected chi connectivity index (χ3v) is 4.46. The van der Waals surface area contributed by atoms with E-state index in [4.69, 9.17) is 0 Å². The fourth-order valence-corrected chi connectivity index (χ4v) is 3.67. The molecule has 0 saturated carbocycles. The third-order valence-electron chi connectivity index (χ3n) is 4.46. The molecule has 0 saturated heterocycles. The van der Waals surface area contributed by atoms with Gasteiger partial charge in [0.15, 0.2) is 0 Å².